The van der Waals surface area contributed by atoms with E-state index in [0.29, 0.717) is 10.8 Å². The molecule has 20 heavy (non-hydrogen) atoms. The number of nitrogens with one attached hydrogen (secondary N) is 1. The Labute approximate surface area is 122 Å². The fourth-order valence-corrected chi connectivity index (χ4v) is 5.00. The van der Waals surface area contributed by atoms with Crippen molar-refractivity contribution in [3.05, 3.63) is 40.9 Å². The minimum Gasteiger partial charge on any atom is -0.354 e. The molecule has 3 rings (SSSR count). The van der Waals surface area contributed by atoms with Crippen molar-refractivity contribution in [2.24, 2.45) is 0 Å². The molecule has 0 fully saturated rings. The second kappa shape index (κ2) is 4.86. The third kappa shape index (κ3) is 2.33. The molecule has 1 N–H and O–H groups in total. The summed E-state index contributed by atoms with van der Waals surface area (Å²) in [5.41, 5.74) is 1.88. The lowest BCUT2D eigenvalue weighted by Gasteiger charge is -2.11. The molecule has 0 amide bonds. The Morgan fingerprint density at radius 3 is 2.80 bits per heavy atom. The molecule has 1 aliphatic rings. The summed E-state index contributed by atoms with van der Waals surface area (Å²) in [6, 6.07) is 6.97. The number of rotatable bonds is 3. The lowest BCUT2D eigenvalue weighted by atomic mass is 10.1. The smallest absolute Gasteiger partial charge is 0.183 e. The molecule has 1 aromatic carbocycles. The topological polar surface area (TPSA) is 59.1 Å². The SMILES string of the molecule is CC(C)c1csc(NC2CS(=O)(=O)c3ccccc32)n1. The predicted molar refractivity (Wildman–Crippen MR) is 81.1 cm³/mol. The Kier molecular flexibility index (Phi) is 3.30. The number of thiazole rings is 1. The third-order valence-corrected chi connectivity index (χ3v) is 6.03. The molecule has 2 aromatic rings. The maximum Gasteiger partial charge on any atom is 0.183 e. The van der Waals surface area contributed by atoms with Crippen molar-refractivity contribution in [2.75, 3.05) is 11.1 Å². The van der Waals surface area contributed by atoms with Gasteiger partial charge in [-0.05, 0) is 17.5 Å². The first-order valence-corrected chi connectivity index (χ1v) is 9.04. The van der Waals surface area contributed by atoms with Gasteiger partial charge in [0.05, 0.1) is 22.4 Å². The molecule has 4 nitrogen and oxygen atoms in total. The molecule has 2 heterocycles. The lowest BCUT2D eigenvalue weighted by molar-refractivity contribution is 0.598. The van der Waals surface area contributed by atoms with Crippen LogP contribution in [0.15, 0.2) is 34.5 Å². The van der Waals surface area contributed by atoms with Gasteiger partial charge in [0.25, 0.3) is 0 Å². The molecular formula is C14H16N2O2S2. The molecule has 0 aliphatic carbocycles. The fraction of sp³-hybridized carbons (Fsp3) is 0.357. The quantitative estimate of drug-likeness (QED) is 0.946. The lowest BCUT2D eigenvalue weighted by Crippen LogP contribution is -2.12. The highest BCUT2D eigenvalue weighted by Crippen LogP contribution is 2.36. The van der Waals surface area contributed by atoms with Crippen molar-refractivity contribution in [3.63, 3.8) is 0 Å². The van der Waals surface area contributed by atoms with E-state index in [2.05, 4.69) is 24.1 Å². The standard InChI is InChI=1S/C14H16N2O2S2/c1-9(2)11-7-19-14(15-11)16-12-8-20(17,18)13-6-4-3-5-10(12)13/h3-7,9,12H,8H2,1-2H3,(H,15,16). The summed E-state index contributed by atoms with van der Waals surface area (Å²) in [5.74, 6) is 0.476. The van der Waals surface area contributed by atoms with Crippen LogP contribution in [0.25, 0.3) is 0 Å². The molecule has 6 heteroatoms. The number of hydrogen-bond donors (Lipinski definition) is 1. The summed E-state index contributed by atoms with van der Waals surface area (Å²) < 4.78 is 24.2. The van der Waals surface area contributed by atoms with Gasteiger partial charge in [0.2, 0.25) is 0 Å². The van der Waals surface area contributed by atoms with Crippen molar-refractivity contribution in [1.82, 2.24) is 4.98 Å². The number of hydrogen-bond acceptors (Lipinski definition) is 5. The van der Waals surface area contributed by atoms with Gasteiger partial charge < -0.3 is 5.32 Å². The highest BCUT2D eigenvalue weighted by Gasteiger charge is 2.34. The van der Waals surface area contributed by atoms with Gasteiger partial charge in [-0.2, -0.15) is 0 Å². The van der Waals surface area contributed by atoms with E-state index in [1.54, 1.807) is 12.1 Å². The van der Waals surface area contributed by atoms with Crippen molar-refractivity contribution in [3.8, 4) is 0 Å². The summed E-state index contributed by atoms with van der Waals surface area (Å²) in [4.78, 5) is 4.95. The molecule has 0 spiro atoms. The van der Waals surface area contributed by atoms with E-state index in [1.807, 2.05) is 17.5 Å². The second-order valence-corrected chi connectivity index (χ2v) is 8.11. The maximum atomic E-state index is 12.1. The number of sulfone groups is 1. The molecule has 1 atom stereocenters. The number of benzene rings is 1. The molecule has 0 bridgehead atoms. The first-order valence-electron chi connectivity index (χ1n) is 6.51. The average Bonchev–Trinajstić information content (AvgIpc) is 2.95. The largest absolute Gasteiger partial charge is 0.354 e. The maximum absolute atomic E-state index is 12.1. The van der Waals surface area contributed by atoms with E-state index >= 15 is 0 Å². The molecular weight excluding hydrogens is 292 g/mol. The zero-order valence-corrected chi connectivity index (χ0v) is 13.0. The van der Waals surface area contributed by atoms with Gasteiger partial charge in [0, 0.05) is 5.38 Å². The van der Waals surface area contributed by atoms with E-state index < -0.39 is 9.84 Å². The highest BCUT2D eigenvalue weighted by atomic mass is 32.2. The summed E-state index contributed by atoms with van der Waals surface area (Å²) in [6.07, 6.45) is 0. The van der Waals surface area contributed by atoms with E-state index in [-0.39, 0.29) is 11.8 Å². The van der Waals surface area contributed by atoms with E-state index in [9.17, 15) is 8.42 Å². The Bertz CT molecular complexity index is 735. The second-order valence-electron chi connectivity index (χ2n) is 5.25. The minimum absolute atomic E-state index is 0.100. The molecule has 1 aromatic heterocycles. The van der Waals surface area contributed by atoms with Crippen LogP contribution in [0.1, 0.15) is 37.1 Å². The number of fused-ring (bicyclic) bond motifs is 1. The zero-order chi connectivity index (χ0) is 14.3. The number of nitrogens with zero attached hydrogens (tertiary/aromatic N) is 1. The predicted octanol–water partition coefficient (Wildman–Crippen LogP) is 3.21. The van der Waals surface area contributed by atoms with Crippen molar-refractivity contribution in [1.29, 1.82) is 0 Å². The van der Waals surface area contributed by atoms with Crippen molar-refractivity contribution < 1.29 is 8.42 Å². The van der Waals surface area contributed by atoms with Crippen molar-refractivity contribution in [2.45, 2.75) is 30.7 Å². The van der Waals surface area contributed by atoms with Gasteiger partial charge in [-0.1, -0.05) is 32.0 Å². The van der Waals surface area contributed by atoms with Gasteiger partial charge >= 0.3 is 0 Å². The summed E-state index contributed by atoms with van der Waals surface area (Å²) in [5, 5.41) is 6.06. The van der Waals surface area contributed by atoms with Crippen LogP contribution in [0, 0.1) is 0 Å². The normalized spacial score (nSPS) is 20.1. The minimum atomic E-state index is -3.17. The summed E-state index contributed by atoms with van der Waals surface area (Å²) >= 11 is 1.52. The Hall–Kier alpha value is -1.40. The fourth-order valence-electron chi connectivity index (χ4n) is 2.34. The first kappa shape index (κ1) is 13.6. The Morgan fingerprint density at radius 2 is 2.10 bits per heavy atom. The monoisotopic (exact) mass is 308 g/mol. The van der Waals surface area contributed by atoms with Crippen LogP contribution >= 0.6 is 11.3 Å². The molecule has 1 aliphatic heterocycles. The van der Waals surface area contributed by atoms with Crippen molar-refractivity contribution >= 4 is 26.3 Å². The first-order chi connectivity index (χ1) is 9.47. The average molecular weight is 308 g/mol. The molecule has 0 saturated heterocycles. The zero-order valence-electron chi connectivity index (χ0n) is 11.3. The van der Waals surface area contributed by atoms with Gasteiger partial charge in [-0.3, -0.25) is 0 Å². The van der Waals surface area contributed by atoms with Crippen LogP contribution in [0.5, 0.6) is 0 Å². The highest BCUT2D eigenvalue weighted by molar-refractivity contribution is 7.91. The Balaban J connectivity index is 1.89. The summed E-state index contributed by atoms with van der Waals surface area (Å²) in [6.45, 7) is 4.18. The van der Waals surface area contributed by atoms with E-state index in [0.717, 1.165) is 16.4 Å². The van der Waals surface area contributed by atoms with Gasteiger partial charge in [-0.15, -0.1) is 11.3 Å². The van der Waals surface area contributed by atoms with Crippen LogP contribution in [0.4, 0.5) is 5.13 Å². The molecule has 1 unspecified atom stereocenters. The Morgan fingerprint density at radius 1 is 1.35 bits per heavy atom. The molecule has 0 saturated carbocycles. The van der Waals surface area contributed by atoms with E-state index in [1.165, 1.54) is 11.3 Å². The van der Waals surface area contributed by atoms with Crippen LogP contribution in [0.2, 0.25) is 0 Å². The number of anilines is 1. The number of aromatic nitrogens is 1. The van der Waals surface area contributed by atoms with Crippen LogP contribution < -0.4 is 5.32 Å². The summed E-state index contributed by atoms with van der Waals surface area (Å²) in [7, 11) is -3.17. The van der Waals surface area contributed by atoms with Crippen LogP contribution in [-0.2, 0) is 9.84 Å². The van der Waals surface area contributed by atoms with Gasteiger partial charge in [-0.25, -0.2) is 13.4 Å². The third-order valence-electron chi connectivity index (χ3n) is 3.43. The van der Waals surface area contributed by atoms with Gasteiger partial charge in [0.15, 0.2) is 15.0 Å². The van der Waals surface area contributed by atoms with Crippen LogP contribution in [0.3, 0.4) is 0 Å². The van der Waals surface area contributed by atoms with Gasteiger partial charge in [0.1, 0.15) is 0 Å². The van der Waals surface area contributed by atoms with E-state index in [4.69, 9.17) is 0 Å². The molecule has 106 valence electrons. The molecule has 0 radical (unpaired) electrons. The van der Waals surface area contributed by atoms with Crippen LogP contribution in [-0.4, -0.2) is 19.2 Å².